The lowest BCUT2D eigenvalue weighted by atomic mass is 9.88. The van der Waals surface area contributed by atoms with Gasteiger partial charge in [0.05, 0.1) is 0 Å². The minimum atomic E-state index is -0.699. The van der Waals surface area contributed by atoms with Crippen LogP contribution in [0.4, 0.5) is 5.69 Å². The fraction of sp³-hybridized carbons (Fsp3) is 0.684. The van der Waals surface area contributed by atoms with Crippen LogP contribution in [0.2, 0.25) is 0 Å². The van der Waals surface area contributed by atoms with Crippen LogP contribution < -0.4 is 4.90 Å². The van der Waals surface area contributed by atoms with Crippen molar-refractivity contribution in [3.05, 3.63) is 29.3 Å². The van der Waals surface area contributed by atoms with E-state index in [4.69, 9.17) is 2.74 Å². The van der Waals surface area contributed by atoms with Gasteiger partial charge in [-0.1, -0.05) is 39.0 Å². The molecular formula is C19H33N. The molecule has 0 spiro atoms. The minimum absolute atomic E-state index is 0.0940. The molecule has 0 aliphatic rings. The fourth-order valence-corrected chi connectivity index (χ4v) is 3.12. The predicted molar refractivity (Wildman–Crippen MR) is 91.9 cm³/mol. The van der Waals surface area contributed by atoms with Crippen molar-refractivity contribution in [3.8, 4) is 0 Å². The third-order valence-electron chi connectivity index (χ3n) is 3.48. The van der Waals surface area contributed by atoms with Crippen molar-refractivity contribution in [2.24, 2.45) is 0 Å². The summed E-state index contributed by atoms with van der Waals surface area (Å²) in [6, 6.07) is 6.06. The average Bonchev–Trinajstić information content (AvgIpc) is 2.23. The van der Waals surface area contributed by atoms with E-state index in [1.807, 2.05) is 39.0 Å². The number of nitrogens with zero attached hydrogens (tertiary/aromatic N) is 1. The Morgan fingerprint density at radius 3 is 1.95 bits per heavy atom. The largest absolute Gasteiger partial charge is 0.361 e. The van der Waals surface area contributed by atoms with Crippen LogP contribution in [0.1, 0.15) is 82.1 Å². The lowest BCUT2D eigenvalue weighted by Crippen LogP contribution is -2.53. The normalized spacial score (nSPS) is 16.4. The molecule has 0 radical (unpaired) electrons. The molecule has 0 saturated carbocycles. The highest BCUT2D eigenvalue weighted by atomic mass is 15.2. The van der Waals surface area contributed by atoms with Gasteiger partial charge in [-0.15, -0.1) is 0 Å². The molecular weight excluding hydrogens is 242 g/mol. The van der Waals surface area contributed by atoms with E-state index in [1.165, 1.54) is 0 Å². The zero-order valence-electron chi connectivity index (χ0n) is 16.8. The molecule has 1 rings (SSSR count). The van der Waals surface area contributed by atoms with Crippen molar-refractivity contribution in [3.63, 3.8) is 0 Å². The number of hydrogen-bond donors (Lipinski definition) is 0. The molecule has 0 aliphatic carbocycles. The lowest BCUT2D eigenvalue weighted by Gasteiger charge is -2.49. The topological polar surface area (TPSA) is 3.24 Å². The summed E-state index contributed by atoms with van der Waals surface area (Å²) in [5.41, 5.74) is 2.87. The first-order valence-electron chi connectivity index (χ1n) is 8.61. The molecule has 0 bridgehead atoms. The molecule has 1 aromatic carbocycles. The van der Waals surface area contributed by atoms with E-state index < -0.39 is 5.89 Å². The van der Waals surface area contributed by atoms with Gasteiger partial charge in [-0.3, -0.25) is 0 Å². The minimum Gasteiger partial charge on any atom is -0.361 e. The van der Waals surface area contributed by atoms with E-state index in [0.717, 1.165) is 16.8 Å². The van der Waals surface area contributed by atoms with Gasteiger partial charge in [0.25, 0.3) is 0 Å². The summed E-state index contributed by atoms with van der Waals surface area (Å²) in [5.74, 6) is -0.699. The van der Waals surface area contributed by atoms with Crippen molar-refractivity contribution in [1.82, 2.24) is 0 Å². The van der Waals surface area contributed by atoms with Gasteiger partial charge in [0.1, 0.15) is 0 Å². The molecule has 0 amide bonds. The van der Waals surface area contributed by atoms with Crippen LogP contribution in [-0.4, -0.2) is 11.1 Å². The summed E-state index contributed by atoms with van der Waals surface area (Å²) in [6.45, 7) is 18.9. The highest BCUT2D eigenvalue weighted by molar-refractivity contribution is 5.63. The van der Waals surface area contributed by atoms with Gasteiger partial charge < -0.3 is 4.90 Å². The van der Waals surface area contributed by atoms with E-state index in [1.54, 1.807) is 0 Å². The Balaban J connectivity index is 3.81. The summed E-state index contributed by atoms with van der Waals surface area (Å²) in [5, 5.41) is 0. The van der Waals surface area contributed by atoms with E-state index in [2.05, 4.69) is 46.4 Å². The van der Waals surface area contributed by atoms with E-state index in [0.29, 0.717) is 0 Å². The second kappa shape index (κ2) is 5.79. The van der Waals surface area contributed by atoms with E-state index in [9.17, 15) is 0 Å². The molecule has 0 aliphatic heterocycles. The number of para-hydroxylation sites is 1. The molecule has 0 N–H and O–H groups in total. The van der Waals surface area contributed by atoms with Crippen molar-refractivity contribution < 1.29 is 2.74 Å². The highest BCUT2D eigenvalue weighted by Crippen LogP contribution is 2.39. The zero-order valence-corrected chi connectivity index (χ0v) is 14.8. The van der Waals surface area contributed by atoms with Gasteiger partial charge >= 0.3 is 0 Å². The molecule has 1 atom stereocenters. The van der Waals surface area contributed by atoms with Crippen molar-refractivity contribution in [2.45, 2.75) is 85.7 Å². The van der Waals surface area contributed by atoms with Crippen molar-refractivity contribution >= 4 is 5.69 Å². The smallest absolute Gasteiger partial charge is 0.0442 e. The van der Waals surface area contributed by atoms with Gasteiger partial charge in [0, 0.05) is 19.5 Å². The van der Waals surface area contributed by atoms with Gasteiger partial charge in [-0.05, 0) is 65.0 Å². The maximum Gasteiger partial charge on any atom is 0.0442 e. The highest BCUT2D eigenvalue weighted by Gasteiger charge is 2.34. The van der Waals surface area contributed by atoms with E-state index >= 15 is 0 Å². The van der Waals surface area contributed by atoms with Crippen LogP contribution in [0.3, 0.4) is 0 Å². The molecule has 114 valence electrons. The predicted octanol–water partition coefficient (Wildman–Crippen LogP) is 5.78. The maximum atomic E-state index is 8.57. The summed E-state index contributed by atoms with van der Waals surface area (Å²) < 4.78 is 16.8. The zero-order chi connectivity index (χ0) is 17.5. The van der Waals surface area contributed by atoms with Crippen LogP contribution in [0.25, 0.3) is 0 Å². The number of aryl methyl sites for hydroxylation is 1. The lowest BCUT2D eigenvalue weighted by molar-refractivity contribution is 0.378. The van der Waals surface area contributed by atoms with Crippen LogP contribution >= 0.6 is 0 Å². The van der Waals surface area contributed by atoms with Gasteiger partial charge in [0.15, 0.2) is 0 Å². The third kappa shape index (κ3) is 3.56. The molecule has 0 heterocycles. The Kier molecular flexibility index (Phi) is 4.05. The van der Waals surface area contributed by atoms with Crippen molar-refractivity contribution in [1.29, 1.82) is 0 Å². The third-order valence-corrected chi connectivity index (χ3v) is 3.48. The molecule has 1 aromatic rings. The quantitative estimate of drug-likeness (QED) is 0.677. The SMILES string of the molecule is [2H]C(C)c1cccc(C([2H])(C)C)c1N(C(C)(C)C)C(C)(C)C. The van der Waals surface area contributed by atoms with Crippen LogP contribution in [0, 0.1) is 0 Å². The first-order valence-corrected chi connectivity index (χ1v) is 7.53. The van der Waals surface area contributed by atoms with Gasteiger partial charge in [0.2, 0.25) is 0 Å². The number of rotatable bonds is 3. The molecule has 0 saturated heterocycles. The summed E-state index contributed by atoms with van der Waals surface area (Å²) in [6.07, 6.45) is -0.315. The molecule has 1 unspecified atom stereocenters. The number of benzene rings is 1. The number of anilines is 1. The summed E-state index contributed by atoms with van der Waals surface area (Å²) >= 11 is 0. The standard InChI is InChI=1S/C19H33N/c1-10-15-12-11-13-16(14(2)3)17(15)20(18(4,5)6)19(7,8)9/h11-14H,10H2,1-9H3/i10D,14D. The fourth-order valence-electron chi connectivity index (χ4n) is 3.12. The summed E-state index contributed by atoms with van der Waals surface area (Å²) in [4.78, 5) is 2.38. The first-order chi connectivity index (χ1) is 9.67. The maximum absolute atomic E-state index is 8.57. The molecule has 0 aromatic heterocycles. The van der Waals surface area contributed by atoms with Crippen LogP contribution in [-0.2, 0) is 6.40 Å². The molecule has 1 nitrogen and oxygen atoms in total. The second-order valence-electron chi connectivity index (χ2n) is 7.71. The Hall–Kier alpha value is -0.980. The van der Waals surface area contributed by atoms with Gasteiger partial charge in [-0.2, -0.15) is 0 Å². The monoisotopic (exact) mass is 277 g/mol. The Bertz CT molecular complexity index is 500. The van der Waals surface area contributed by atoms with Crippen LogP contribution in [0.5, 0.6) is 0 Å². The Morgan fingerprint density at radius 1 is 1.10 bits per heavy atom. The molecule has 1 heteroatoms. The summed E-state index contributed by atoms with van der Waals surface area (Å²) in [7, 11) is 0. The number of hydrogen-bond acceptors (Lipinski definition) is 1. The van der Waals surface area contributed by atoms with Crippen LogP contribution in [0.15, 0.2) is 18.2 Å². The Labute approximate surface area is 129 Å². The molecule has 20 heavy (non-hydrogen) atoms. The van der Waals surface area contributed by atoms with E-state index in [-0.39, 0.29) is 17.5 Å². The second-order valence-corrected chi connectivity index (χ2v) is 7.71. The van der Waals surface area contributed by atoms with Gasteiger partial charge in [-0.25, -0.2) is 0 Å². The molecule has 0 fully saturated rings. The van der Waals surface area contributed by atoms with Crippen molar-refractivity contribution in [2.75, 3.05) is 4.90 Å². The average molecular weight is 277 g/mol. The first kappa shape index (κ1) is 14.0. The Morgan fingerprint density at radius 2 is 1.60 bits per heavy atom.